The van der Waals surface area contributed by atoms with Gasteiger partial charge in [-0.1, -0.05) is 0 Å². The van der Waals surface area contributed by atoms with E-state index >= 15 is 0 Å². The van der Waals surface area contributed by atoms with E-state index in [0.717, 1.165) is 17.0 Å². The number of hydrogen-bond donors (Lipinski definition) is 0. The molecule has 1 aromatic rings. The Bertz CT molecular complexity index is 492. The molecule has 1 unspecified atom stereocenters. The van der Waals surface area contributed by atoms with Crippen LogP contribution in [0.2, 0.25) is 0 Å². The van der Waals surface area contributed by atoms with Crippen LogP contribution in [0, 0.1) is 13.8 Å². The zero-order valence-electron chi connectivity index (χ0n) is 10.7. The summed E-state index contributed by atoms with van der Waals surface area (Å²) < 4.78 is 23.9. The first-order chi connectivity index (χ1) is 7.72. The summed E-state index contributed by atoms with van der Waals surface area (Å²) in [5.74, 6) is 0.192. The number of halogens is 1. The minimum atomic E-state index is -2.89. The molecular formula is C11H19ClN2O2S. The lowest BCUT2D eigenvalue weighted by molar-refractivity contribution is 0.566. The fraction of sp³-hybridized carbons (Fsp3) is 0.727. The van der Waals surface area contributed by atoms with Gasteiger partial charge in [0.1, 0.15) is 9.84 Å². The second-order valence-corrected chi connectivity index (χ2v) is 7.32. The molecule has 0 N–H and O–H groups in total. The van der Waals surface area contributed by atoms with Gasteiger partial charge in [0, 0.05) is 24.1 Å². The fourth-order valence-electron chi connectivity index (χ4n) is 1.98. The summed E-state index contributed by atoms with van der Waals surface area (Å²) in [5.41, 5.74) is 2.99. The Morgan fingerprint density at radius 1 is 1.41 bits per heavy atom. The predicted molar refractivity (Wildman–Crippen MR) is 70.3 cm³/mol. The minimum absolute atomic E-state index is 0.0707. The van der Waals surface area contributed by atoms with Crippen molar-refractivity contribution in [3.05, 3.63) is 17.0 Å². The van der Waals surface area contributed by atoms with Crippen molar-refractivity contribution in [2.45, 2.75) is 39.1 Å². The molecule has 0 aliphatic rings. The molecule has 4 nitrogen and oxygen atoms in total. The average molecular weight is 279 g/mol. The second-order valence-electron chi connectivity index (χ2n) is 4.41. The summed E-state index contributed by atoms with van der Waals surface area (Å²) in [5, 5.41) is 4.32. The van der Waals surface area contributed by atoms with E-state index in [2.05, 4.69) is 5.10 Å². The van der Waals surface area contributed by atoms with Crippen LogP contribution >= 0.6 is 11.6 Å². The van der Waals surface area contributed by atoms with Crippen LogP contribution in [0.25, 0.3) is 0 Å². The number of aromatic nitrogens is 2. The maximum atomic E-state index is 11.0. The smallest absolute Gasteiger partial charge is 0.147 e. The molecule has 1 heterocycles. The van der Waals surface area contributed by atoms with Crippen LogP contribution in [-0.2, 0) is 16.4 Å². The van der Waals surface area contributed by atoms with E-state index in [0.29, 0.717) is 13.0 Å². The molecule has 98 valence electrons. The van der Waals surface area contributed by atoms with E-state index in [4.69, 9.17) is 11.6 Å². The molecule has 0 aliphatic carbocycles. The molecule has 0 bridgehead atoms. The third-order valence-corrected chi connectivity index (χ3v) is 3.97. The first-order valence-corrected chi connectivity index (χ1v) is 8.07. The third-order valence-electron chi connectivity index (χ3n) is 2.72. The standard InChI is InChI=1S/C11H19ClN2O2S/c1-8(12)11-9(2)13-14(10(11)3)6-5-7-17(4,15)16/h8H,5-7H2,1-4H3. The zero-order chi connectivity index (χ0) is 13.2. The molecule has 6 heteroatoms. The minimum Gasteiger partial charge on any atom is -0.269 e. The zero-order valence-corrected chi connectivity index (χ0v) is 12.3. The highest BCUT2D eigenvalue weighted by Crippen LogP contribution is 2.26. The summed E-state index contributed by atoms with van der Waals surface area (Å²) in [6.07, 6.45) is 1.83. The van der Waals surface area contributed by atoms with Crippen molar-refractivity contribution in [1.82, 2.24) is 9.78 Å². The largest absolute Gasteiger partial charge is 0.269 e. The Morgan fingerprint density at radius 2 is 2.00 bits per heavy atom. The van der Waals surface area contributed by atoms with E-state index in [1.165, 1.54) is 6.26 Å². The number of hydrogen-bond acceptors (Lipinski definition) is 3. The van der Waals surface area contributed by atoms with Gasteiger partial charge in [0.2, 0.25) is 0 Å². The summed E-state index contributed by atoms with van der Waals surface area (Å²) in [7, 11) is -2.89. The van der Waals surface area contributed by atoms with Crippen molar-refractivity contribution < 1.29 is 8.42 Å². The van der Waals surface area contributed by atoms with Crippen molar-refractivity contribution in [3.8, 4) is 0 Å². The lowest BCUT2D eigenvalue weighted by atomic mass is 10.1. The molecule has 0 aliphatic heterocycles. The quantitative estimate of drug-likeness (QED) is 0.776. The molecule has 1 atom stereocenters. The van der Waals surface area contributed by atoms with Gasteiger partial charge < -0.3 is 0 Å². The highest BCUT2D eigenvalue weighted by Gasteiger charge is 2.15. The monoisotopic (exact) mass is 278 g/mol. The Kier molecular flexibility index (Phi) is 4.61. The van der Waals surface area contributed by atoms with E-state index in [1.54, 1.807) is 0 Å². The Labute approximate surface area is 108 Å². The predicted octanol–water partition coefficient (Wildman–Crippen LogP) is 2.23. The van der Waals surface area contributed by atoms with Crippen LogP contribution in [0.3, 0.4) is 0 Å². The van der Waals surface area contributed by atoms with Gasteiger partial charge in [-0.25, -0.2) is 8.42 Å². The number of rotatable bonds is 5. The highest BCUT2D eigenvalue weighted by molar-refractivity contribution is 7.90. The third kappa shape index (κ3) is 4.00. The topological polar surface area (TPSA) is 52.0 Å². The number of aryl methyl sites for hydroxylation is 2. The Morgan fingerprint density at radius 3 is 2.41 bits per heavy atom. The number of sulfone groups is 1. The number of alkyl halides is 1. The van der Waals surface area contributed by atoms with E-state index in [1.807, 2.05) is 25.5 Å². The summed E-state index contributed by atoms with van der Waals surface area (Å²) in [6, 6.07) is 0. The van der Waals surface area contributed by atoms with Crippen molar-refractivity contribution in [2.24, 2.45) is 0 Å². The van der Waals surface area contributed by atoms with Gasteiger partial charge in [0.05, 0.1) is 16.8 Å². The fourth-order valence-corrected chi connectivity index (χ4v) is 2.95. The Balaban J connectivity index is 2.77. The van der Waals surface area contributed by atoms with Crippen molar-refractivity contribution in [1.29, 1.82) is 0 Å². The molecule has 17 heavy (non-hydrogen) atoms. The molecule has 0 amide bonds. The summed E-state index contributed by atoms with van der Waals surface area (Å²) in [6.45, 7) is 6.42. The first kappa shape index (κ1) is 14.5. The van der Waals surface area contributed by atoms with Crippen molar-refractivity contribution in [3.63, 3.8) is 0 Å². The van der Waals surface area contributed by atoms with E-state index in [-0.39, 0.29) is 11.1 Å². The van der Waals surface area contributed by atoms with Crippen LogP contribution in [0.5, 0.6) is 0 Å². The maximum Gasteiger partial charge on any atom is 0.147 e. The van der Waals surface area contributed by atoms with Gasteiger partial charge in [0.15, 0.2) is 0 Å². The molecule has 1 rings (SSSR count). The van der Waals surface area contributed by atoms with Crippen molar-refractivity contribution >= 4 is 21.4 Å². The van der Waals surface area contributed by atoms with E-state index < -0.39 is 9.84 Å². The molecular weight excluding hydrogens is 260 g/mol. The SMILES string of the molecule is Cc1nn(CCCS(C)(=O)=O)c(C)c1C(C)Cl. The molecule has 0 saturated carbocycles. The summed E-state index contributed by atoms with van der Waals surface area (Å²) >= 11 is 6.08. The van der Waals surface area contributed by atoms with Crippen LogP contribution in [-0.4, -0.2) is 30.2 Å². The lowest BCUT2D eigenvalue weighted by Gasteiger charge is -2.06. The molecule has 0 aromatic carbocycles. The maximum absolute atomic E-state index is 11.0. The van der Waals surface area contributed by atoms with Gasteiger partial charge in [-0.15, -0.1) is 11.6 Å². The molecule has 0 fully saturated rings. The molecule has 0 radical (unpaired) electrons. The van der Waals surface area contributed by atoms with Gasteiger partial charge in [-0.3, -0.25) is 4.68 Å². The second kappa shape index (κ2) is 5.40. The van der Waals surface area contributed by atoms with Crippen molar-refractivity contribution in [2.75, 3.05) is 12.0 Å². The van der Waals surface area contributed by atoms with Crippen LogP contribution in [0.1, 0.15) is 35.7 Å². The molecule has 0 saturated heterocycles. The van der Waals surface area contributed by atoms with Gasteiger partial charge in [0.25, 0.3) is 0 Å². The number of nitrogens with zero attached hydrogens (tertiary/aromatic N) is 2. The van der Waals surface area contributed by atoms with Crippen LogP contribution in [0.15, 0.2) is 0 Å². The summed E-state index contributed by atoms with van der Waals surface area (Å²) in [4.78, 5) is 0. The first-order valence-electron chi connectivity index (χ1n) is 5.58. The molecule has 1 aromatic heterocycles. The normalized spacial score (nSPS) is 13.9. The van der Waals surface area contributed by atoms with Gasteiger partial charge in [-0.2, -0.15) is 5.10 Å². The lowest BCUT2D eigenvalue weighted by Crippen LogP contribution is -2.09. The van der Waals surface area contributed by atoms with Gasteiger partial charge in [-0.05, 0) is 27.2 Å². The van der Waals surface area contributed by atoms with Crippen LogP contribution < -0.4 is 0 Å². The highest BCUT2D eigenvalue weighted by atomic mass is 35.5. The van der Waals surface area contributed by atoms with Crippen LogP contribution in [0.4, 0.5) is 0 Å². The van der Waals surface area contributed by atoms with Gasteiger partial charge >= 0.3 is 0 Å². The molecule has 0 spiro atoms. The Hall–Kier alpha value is -0.550. The van der Waals surface area contributed by atoms with E-state index in [9.17, 15) is 8.42 Å². The average Bonchev–Trinajstić information content (AvgIpc) is 2.39.